The topological polar surface area (TPSA) is 365 Å². The van der Waals surface area contributed by atoms with E-state index in [-0.39, 0.29) is 112 Å². The molecule has 0 saturated carbocycles. The number of hydrogen-bond donors (Lipinski definition) is 12. The Morgan fingerprint density at radius 3 is 1.43 bits per heavy atom. The number of esters is 2. The normalized spacial score (nSPS) is 14.0. The number of aliphatic hydroxyl groups excluding tert-OH is 4. The number of carbonyl (C=O) groups is 5. The Morgan fingerprint density at radius 1 is 0.733 bits per heavy atom. The summed E-state index contributed by atoms with van der Waals surface area (Å²) in [5.74, 6) is -1.81. The molecule has 22 nitrogen and oxygen atoms in total. The van der Waals surface area contributed by atoms with E-state index < -0.39 is 72.6 Å². The first-order valence-corrected chi connectivity index (χ1v) is 17.4. The van der Waals surface area contributed by atoms with Gasteiger partial charge in [-0.25, -0.2) is 14.4 Å². The monoisotopic (exact) mass is 1070 g/mol. The summed E-state index contributed by atoms with van der Waals surface area (Å²) in [5.41, 5.74) is 19.5. The van der Waals surface area contributed by atoms with Crippen LogP contribution in [0.15, 0.2) is 0 Å². The fourth-order valence-electron chi connectivity index (χ4n) is 3.02. The van der Waals surface area contributed by atoms with Gasteiger partial charge in [0.25, 0.3) is 0 Å². The molecule has 1 saturated heterocycles. The third kappa shape index (κ3) is 54.5. The summed E-state index contributed by atoms with van der Waals surface area (Å²) >= 11 is 0. The third-order valence-corrected chi connectivity index (χ3v) is 5.62. The molecule has 1 rings (SSSR count). The van der Waals surface area contributed by atoms with Crippen molar-refractivity contribution in [3.8, 4) is 0 Å². The molecule has 28 heteroatoms. The van der Waals surface area contributed by atoms with Crippen LogP contribution in [0.3, 0.4) is 0 Å². The van der Waals surface area contributed by atoms with Crippen molar-refractivity contribution in [3.05, 3.63) is 0 Å². The number of carbonyl (C=O) groups excluding carboxylic acids is 5. The first-order valence-electron chi connectivity index (χ1n) is 17.4. The first-order chi connectivity index (χ1) is 25.5. The number of rotatable bonds is 15. The molecule has 16 N–H and O–H groups in total. The highest BCUT2D eigenvalue weighted by atomic mass is 127. The Kier molecular flexibility index (Phi) is 63.9. The predicted octanol–water partition coefficient (Wildman–Crippen LogP) is -2.08. The fraction of sp³-hybridized carbons (Fsp3) is 0.844. The average molecular weight is 1070 g/mol. The van der Waals surface area contributed by atoms with Gasteiger partial charge in [0, 0.05) is 51.4 Å². The average Bonchev–Trinajstić information content (AvgIpc) is 3.61. The maximum absolute atomic E-state index is 11.4. The first kappa shape index (κ1) is 78.9. The highest BCUT2D eigenvalue weighted by molar-refractivity contribution is 14.0. The van der Waals surface area contributed by atoms with Gasteiger partial charge in [0.1, 0.15) is 31.1 Å². The molecule has 5 atom stereocenters. The van der Waals surface area contributed by atoms with Gasteiger partial charge in [-0.15, -0.1) is 73.6 Å². The highest BCUT2D eigenvalue weighted by Gasteiger charge is 2.25. The Bertz CT molecular complexity index is 1040. The van der Waals surface area contributed by atoms with Crippen molar-refractivity contribution in [1.82, 2.24) is 21.3 Å². The largest absolute Gasteiger partial charge is 0.468 e. The maximum Gasteiger partial charge on any atom is 0.408 e. The molecule has 3 amide bonds. The summed E-state index contributed by atoms with van der Waals surface area (Å²) < 4.78 is 23.3. The van der Waals surface area contributed by atoms with Gasteiger partial charge >= 0.3 is 24.1 Å². The predicted molar refractivity (Wildman–Crippen MR) is 248 cm³/mol. The molecular formula is C32H74BCl4IN8O14. The summed E-state index contributed by atoms with van der Waals surface area (Å²) in [6, 6.07) is -3.12. The number of ether oxygens (including phenoxy) is 5. The van der Waals surface area contributed by atoms with Crippen LogP contribution in [0.5, 0.6) is 0 Å². The van der Waals surface area contributed by atoms with Gasteiger partial charge in [0.2, 0.25) is 5.91 Å². The van der Waals surface area contributed by atoms with Gasteiger partial charge in [-0.05, 0) is 54.4 Å². The zero-order valence-corrected chi connectivity index (χ0v) is 41.3. The zero-order valence-electron chi connectivity index (χ0n) is 35.7. The second kappa shape index (κ2) is 48.5. The van der Waals surface area contributed by atoms with Gasteiger partial charge in [-0.1, -0.05) is 0 Å². The number of nitrogens with one attached hydrogen (secondary N) is 4. The Morgan fingerprint density at radius 2 is 1.17 bits per heavy atom. The van der Waals surface area contributed by atoms with Crippen LogP contribution in [0, 0.1) is 0 Å². The minimum absolute atomic E-state index is 0. The number of amides is 3. The van der Waals surface area contributed by atoms with E-state index in [2.05, 4.69) is 30.7 Å². The summed E-state index contributed by atoms with van der Waals surface area (Å²) in [5, 5.41) is 44.3. The van der Waals surface area contributed by atoms with Crippen molar-refractivity contribution < 1.29 is 68.1 Å². The van der Waals surface area contributed by atoms with E-state index >= 15 is 0 Å². The SMILES string of the molecule is CC(C)(C)OC(=O)N[C@@H](CO)C(=O)NCCN.COC(=O)[C@@H](N)CO.COC(=O)[C@H](CO)NC(=O)OC(C)(C)C.Cl.Cl.Cl.Cl.I.NCCNC[C@@H](N)CO.[B]C1CCCO1. The van der Waals surface area contributed by atoms with Gasteiger partial charge in [-0.2, -0.15) is 0 Å². The number of halogens is 5. The molecule has 1 heterocycles. The van der Waals surface area contributed by atoms with Crippen LogP contribution in [0.1, 0.15) is 54.4 Å². The van der Waals surface area contributed by atoms with Crippen LogP contribution < -0.4 is 44.2 Å². The second-order valence-electron chi connectivity index (χ2n) is 13.2. The number of aliphatic hydroxyl groups is 4. The molecule has 0 bridgehead atoms. The molecule has 2 radical (unpaired) electrons. The van der Waals surface area contributed by atoms with E-state index in [9.17, 15) is 24.0 Å². The van der Waals surface area contributed by atoms with Crippen LogP contribution in [-0.4, -0.2) is 180 Å². The zero-order chi connectivity index (χ0) is 43.6. The van der Waals surface area contributed by atoms with Crippen LogP contribution in [-0.2, 0) is 38.1 Å². The molecule has 1 unspecified atom stereocenters. The summed E-state index contributed by atoms with van der Waals surface area (Å²) in [7, 11) is 7.70. The molecule has 0 aromatic carbocycles. The van der Waals surface area contributed by atoms with Gasteiger partial charge in [0.05, 0.1) is 40.6 Å². The highest BCUT2D eigenvalue weighted by Crippen LogP contribution is 2.08. The molecule has 0 aliphatic carbocycles. The van der Waals surface area contributed by atoms with Gasteiger partial charge < -0.3 is 88.3 Å². The molecule has 364 valence electrons. The lowest BCUT2D eigenvalue weighted by Crippen LogP contribution is -2.50. The minimum Gasteiger partial charge on any atom is -0.468 e. The lowest BCUT2D eigenvalue weighted by molar-refractivity contribution is -0.144. The van der Waals surface area contributed by atoms with Crippen molar-refractivity contribution in [2.24, 2.45) is 22.9 Å². The van der Waals surface area contributed by atoms with E-state index in [1.165, 1.54) is 14.2 Å². The van der Waals surface area contributed by atoms with Crippen LogP contribution in [0.2, 0.25) is 0 Å². The standard InChI is InChI=1S/C10H21N3O4.C9H17NO5.C5H15N3O.C4H7BO.C4H9NO3.4ClH.HI/c1-10(2,3)17-9(16)13-7(6-14)8(15)12-5-4-11;1-9(2,3)15-8(13)10-6(5-11)7(12)14-4;6-1-2-8-3-5(7)4-9;5-4-2-1-3-6-4;1-8-4(7)3(5)2-6;;;;;/h7,14H,4-6,11H2,1-3H3,(H,12,15)(H,13,16);6,11H,5H2,1-4H3,(H,10,13);5,8-9H,1-4,6-7H2;4H,1-3H2;3,6H,2,5H2,1H3;5*1H/t7-;6-;5-;;3-;;;;;/m001.0...../s1. The van der Waals surface area contributed by atoms with Crippen LogP contribution in [0.4, 0.5) is 9.59 Å². The quantitative estimate of drug-likeness (QED) is 0.0275. The minimum atomic E-state index is -1.09. The van der Waals surface area contributed by atoms with E-state index in [0.717, 1.165) is 26.0 Å². The molecule has 0 spiro atoms. The molecule has 0 aromatic heterocycles. The lowest BCUT2D eigenvalue weighted by Gasteiger charge is -2.22. The Balaban J connectivity index is -0.0000000791. The van der Waals surface area contributed by atoms with Crippen molar-refractivity contribution >= 4 is 111 Å². The van der Waals surface area contributed by atoms with E-state index in [1.54, 1.807) is 41.5 Å². The van der Waals surface area contributed by atoms with Gasteiger partial charge in [0.15, 0.2) is 6.04 Å². The number of methoxy groups -OCH3 is 2. The number of hydrogen-bond acceptors (Lipinski definition) is 19. The molecule has 0 aromatic rings. The number of nitrogens with two attached hydrogens (primary N) is 4. The molecular weight excluding hydrogens is 1000 g/mol. The van der Waals surface area contributed by atoms with Crippen LogP contribution >= 0.6 is 73.6 Å². The summed E-state index contributed by atoms with van der Waals surface area (Å²) in [6.07, 6.45) is 0.660. The smallest absolute Gasteiger partial charge is 0.408 e. The summed E-state index contributed by atoms with van der Waals surface area (Å²) in [6.45, 7) is 12.2. The van der Waals surface area contributed by atoms with E-state index in [1.807, 2.05) is 0 Å². The Hall–Kier alpha value is -1.50. The second-order valence-corrected chi connectivity index (χ2v) is 13.2. The van der Waals surface area contributed by atoms with Crippen molar-refractivity contribution in [2.45, 2.75) is 95.8 Å². The van der Waals surface area contributed by atoms with E-state index in [4.69, 9.17) is 65.4 Å². The fourth-order valence-corrected chi connectivity index (χ4v) is 3.02. The Labute approximate surface area is 397 Å². The lowest BCUT2D eigenvalue weighted by atomic mass is 9.98. The molecule has 60 heavy (non-hydrogen) atoms. The van der Waals surface area contributed by atoms with Crippen molar-refractivity contribution in [3.63, 3.8) is 0 Å². The van der Waals surface area contributed by atoms with Crippen molar-refractivity contribution in [1.29, 1.82) is 0 Å². The van der Waals surface area contributed by atoms with E-state index in [0.29, 0.717) is 13.1 Å². The molecule has 1 aliphatic heterocycles. The molecule has 1 aliphatic rings. The van der Waals surface area contributed by atoms with Gasteiger partial charge in [-0.3, -0.25) is 9.59 Å². The summed E-state index contributed by atoms with van der Waals surface area (Å²) in [4.78, 5) is 55.2. The van der Waals surface area contributed by atoms with Crippen molar-refractivity contribution in [2.75, 3.05) is 80.0 Å². The maximum atomic E-state index is 11.4. The third-order valence-electron chi connectivity index (χ3n) is 5.62. The van der Waals surface area contributed by atoms with Crippen LogP contribution in [0.25, 0.3) is 0 Å². The molecule has 1 fully saturated rings. The number of alkyl carbamates (subject to hydrolysis) is 2.